The molecule has 0 atom stereocenters. The molecule has 120 valence electrons. The molecule has 0 unspecified atom stereocenters. The molecule has 0 spiro atoms. The van der Waals surface area contributed by atoms with Crippen molar-refractivity contribution in [2.75, 3.05) is 31.1 Å². The highest BCUT2D eigenvalue weighted by molar-refractivity contribution is 5.92. The third kappa shape index (κ3) is 3.76. The van der Waals surface area contributed by atoms with Gasteiger partial charge in [-0.2, -0.15) is 5.26 Å². The number of anilines is 1. The maximum atomic E-state index is 12.3. The summed E-state index contributed by atoms with van der Waals surface area (Å²) in [6, 6.07) is 9.21. The van der Waals surface area contributed by atoms with Crippen LogP contribution in [0.5, 0.6) is 0 Å². The second kappa shape index (κ2) is 7.38. The number of amides is 1. The van der Waals surface area contributed by atoms with Crippen LogP contribution < -0.4 is 4.90 Å². The summed E-state index contributed by atoms with van der Waals surface area (Å²) in [7, 11) is 0. The van der Waals surface area contributed by atoms with Crippen LogP contribution in [-0.2, 0) is 4.79 Å². The first-order chi connectivity index (χ1) is 11.8. The summed E-state index contributed by atoms with van der Waals surface area (Å²) in [5.74, 6) is 0.843. The van der Waals surface area contributed by atoms with E-state index in [2.05, 4.69) is 20.9 Å². The molecule has 0 radical (unpaired) electrons. The van der Waals surface area contributed by atoms with Crippen molar-refractivity contribution in [3.8, 4) is 6.07 Å². The molecule has 6 nitrogen and oxygen atoms in total. The molecule has 1 aromatic heterocycles. The fourth-order valence-electron chi connectivity index (χ4n) is 2.55. The predicted molar refractivity (Wildman–Crippen MR) is 91.0 cm³/mol. The van der Waals surface area contributed by atoms with E-state index in [0.29, 0.717) is 18.7 Å². The van der Waals surface area contributed by atoms with Gasteiger partial charge in [-0.25, -0.2) is 4.98 Å². The lowest BCUT2D eigenvalue weighted by Crippen LogP contribution is -2.48. The number of hydrogen-bond donors (Lipinski definition) is 0. The Hall–Kier alpha value is -3.20. The van der Waals surface area contributed by atoms with Crippen LogP contribution in [0.25, 0.3) is 6.08 Å². The van der Waals surface area contributed by atoms with Crippen molar-refractivity contribution in [3.63, 3.8) is 0 Å². The molecule has 0 aliphatic carbocycles. The second-order valence-corrected chi connectivity index (χ2v) is 5.44. The molecule has 1 aromatic carbocycles. The van der Waals surface area contributed by atoms with E-state index in [0.717, 1.165) is 24.5 Å². The SMILES string of the molecule is N#Cc1ccc(/C=C/C(=O)N2CCN(c3cnccn3)CC2)cc1. The third-order valence-electron chi connectivity index (χ3n) is 3.92. The van der Waals surface area contributed by atoms with Gasteiger partial charge in [-0.15, -0.1) is 0 Å². The Bertz CT molecular complexity index is 756. The smallest absolute Gasteiger partial charge is 0.246 e. The average molecular weight is 319 g/mol. The molecule has 0 saturated carbocycles. The third-order valence-corrected chi connectivity index (χ3v) is 3.92. The molecule has 1 saturated heterocycles. The highest BCUT2D eigenvalue weighted by atomic mass is 16.2. The second-order valence-electron chi connectivity index (χ2n) is 5.44. The average Bonchev–Trinajstić information content (AvgIpc) is 2.67. The van der Waals surface area contributed by atoms with Crippen LogP contribution in [0.2, 0.25) is 0 Å². The molecule has 3 rings (SSSR count). The van der Waals surface area contributed by atoms with Crippen molar-refractivity contribution in [2.45, 2.75) is 0 Å². The van der Waals surface area contributed by atoms with E-state index in [1.807, 2.05) is 17.0 Å². The van der Waals surface area contributed by atoms with Gasteiger partial charge in [0.25, 0.3) is 0 Å². The number of nitriles is 1. The molecular formula is C18H17N5O. The van der Waals surface area contributed by atoms with Crippen LogP contribution in [0.3, 0.4) is 0 Å². The van der Waals surface area contributed by atoms with Gasteiger partial charge >= 0.3 is 0 Å². The van der Waals surface area contributed by atoms with Gasteiger partial charge in [-0.05, 0) is 23.8 Å². The molecule has 1 amide bonds. The lowest BCUT2D eigenvalue weighted by Gasteiger charge is -2.34. The van der Waals surface area contributed by atoms with Crippen LogP contribution >= 0.6 is 0 Å². The molecular weight excluding hydrogens is 302 g/mol. The number of benzene rings is 1. The standard InChI is InChI=1S/C18H17N5O/c19-13-16-3-1-15(2-4-16)5-6-18(24)23-11-9-22(10-12-23)17-14-20-7-8-21-17/h1-8,14H,9-12H2/b6-5+. The van der Waals surface area contributed by atoms with Crippen LogP contribution in [0.15, 0.2) is 48.9 Å². The Morgan fingerprint density at radius 2 is 1.88 bits per heavy atom. The van der Waals surface area contributed by atoms with Crippen molar-refractivity contribution in [1.29, 1.82) is 5.26 Å². The normalized spacial score (nSPS) is 14.6. The number of carbonyl (C=O) groups excluding carboxylic acids is 1. The highest BCUT2D eigenvalue weighted by Gasteiger charge is 2.20. The van der Waals surface area contributed by atoms with Gasteiger partial charge in [0, 0.05) is 44.6 Å². The minimum absolute atomic E-state index is 0.00171. The first-order valence-electron chi connectivity index (χ1n) is 7.74. The molecule has 2 aromatic rings. The summed E-state index contributed by atoms with van der Waals surface area (Å²) in [6.07, 6.45) is 8.42. The Morgan fingerprint density at radius 1 is 1.12 bits per heavy atom. The lowest BCUT2D eigenvalue weighted by atomic mass is 10.1. The van der Waals surface area contributed by atoms with Crippen molar-refractivity contribution in [1.82, 2.24) is 14.9 Å². The summed E-state index contributed by atoms with van der Waals surface area (Å²) >= 11 is 0. The largest absolute Gasteiger partial charge is 0.352 e. The van der Waals surface area contributed by atoms with Gasteiger partial charge in [-0.3, -0.25) is 9.78 Å². The van der Waals surface area contributed by atoms with Crippen LogP contribution in [-0.4, -0.2) is 47.0 Å². The zero-order chi connectivity index (χ0) is 16.8. The van der Waals surface area contributed by atoms with E-state index >= 15 is 0 Å². The molecule has 1 aliphatic heterocycles. The summed E-state index contributed by atoms with van der Waals surface area (Å²) in [6.45, 7) is 2.81. The Morgan fingerprint density at radius 3 is 2.50 bits per heavy atom. The Labute approximate surface area is 140 Å². The maximum absolute atomic E-state index is 12.3. The van der Waals surface area contributed by atoms with Gasteiger partial charge in [-0.1, -0.05) is 12.1 Å². The minimum Gasteiger partial charge on any atom is -0.352 e. The van der Waals surface area contributed by atoms with Crippen LogP contribution in [0, 0.1) is 11.3 Å². The lowest BCUT2D eigenvalue weighted by molar-refractivity contribution is -0.126. The maximum Gasteiger partial charge on any atom is 0.246 e. The van der Waals surface area contributed by atoms with E-state index in [4.69, 9.17) is 5.26 Å². The van der Waals surface area contributed by atoms with Gasteiger partial charge in [0.2, 0.25) is 5.91 Å². The van der Waals surface area contributed by atoms with Gasteiger partial charge in [0.05, 0.1) is 17.8 Å². The monoisotopic (exact) mass is 319 g/mol. The Kier molecular flexibility index (Phi) is 4.82. The molecule has 1 fully saturated rings. The minimum atomic E-state index is -0.00171. The Balaban J connectivity index is 1.55. The van der Waals surface area contributed by atoms with Crippen molar-refractivity contribution < 1.29 is 4.79 Å². The summed E-state index contributed by atoms with van der Waals surface area (Å²) in [5.41, 5.74) is 1.51. The topological polar surface area (TPSA) is 73.1 Å². The fraction of sp³-hybridized carbons (Fsp3) is 0.222. The zero-order valence-corrected chi connectivity index (χ0v) is 13.2. The first-order valence-corrected chi connectivity index (χ1v) is 7.74. The molecule has 0 bridgehead atoms. The molecule has 6 heteroatoms. The molecule has 1 aliphatic rings. The molecule has 0 N–H and O–H groups in total. The van der Waals surface area contributed by atoms with Crippen molar-refractivity contribution in [2.24, 2.45) is 0 Å². The van der Waals surface area contributed by atoms with E-state index in [-0.39, 0.29) is 5.91 Å². The van der Waals surface area contributed by atoms with Crippen LogP contribution in [0.4, 0.5) is 5.82 Å². The van der Waals surface area contributed by atoms with Gasteiger partial charge in [0.15, 0.2) is 0 Å². The summed E-state index contributed by atoms with van der Waals surface area (Å²) in [4.78, 5) is 24.6. The highest BCUT2D eigenvalue weighted by Crippen LogP contribution is 2.12. The number of rotatable bonds is 3. The fourth-order valence-corrected chi connectivity index (χ4v) is 2.55. The van der Waals surface area contributed by atoms with E-state index in [1.54, 1.807) is 42.9 Å². The van der Waals surface area contributed by atoms with Crippen molar-refractivity contribution >= 4 is 17.8 Å². The van der Waals surface area contributed by atoms with Crippen molar-refractivity contribution in [3.05, 3.63) is 60.1 Å². The van der Waals surface area contributed by atoms with E-state index in [1.165, 1.54) is 0 Å². The zero-order valence-electron chi connectivity index (χ0n) is 13.2. The van der Waals surface area contributed by atoms with Gasteiger partial charge in [0.1, 0.15) is 5.82 Å². The first kappa shape index (κ1) is 15.7. The number of hydrogen-bond acceptors (Lipinski definition) is 5. The predicted octanol–water partition coefficient (Wildman–Crippen LogP) is 1.71. The number of piperazine rings is 1. The quantitative estimate of drug-likeness (QED) is 0.805. The van der Waals surface area contributed by atoms with E-state index in [9.17, 15) is 4.79 Å². The van der Waals surface area contributed by atoms with Crippen LogP contribution in [0.1, 0.15) is 11.1 Å². The number of carbonyl (C=O) groups is 1. The summed E-state index contributed by atoms with van der Waals surface area (Å²) in [5, 5.41) is 8.78. The van der Waals surface area contributed by atoms with Gasteiger partial charge < -0.3 is 9.80 Å². The number of aromatic nitrogens is 2. The molecule has 2 heterocycles. The summed E-state index contributed by atoms with van der Waals surface area (Å²) < 4.78 is 0. The number of nitrogens with zero attached hydrogens (tertiary/aromatic N) is 5. The molecule has 24 heavy (non-hydrogen) atoms. The van der Waals surface area contributed by atoms with E-state index < -0.39 is 0 Å².